The number of hydrogen-bond acceptors (Lipinski definition) is 5. The summed E-state index contributed by atoms with van der Waals surface area (Å²) in [5.41, 5.74) is 1.65. The Bertz CT molecular complexity index is 927. The largest absolute Gasteiger partial charge is 0.466 e. The SMILES string of the molecule is COC(=O)/C=C/c1ccccc1N=C(Sc1ccccc1)Sc1ccccc1. The van der Waals surface area contributed by atoms with Gasteiger partial charge in [0, 0.05) is 21.4 Å². The van der Waals surface area contributed by atoms with Crippen LogP contribution in [0.5, 0.6) is 0 Å². The molecule has 0 aliphatic carbocycles. The smallest absolute Gasteiger partial charge is 0.330 e. The Morgan fingerprint density at radius 3 is 1.93 bits per heavy atom. The van der Waals surface area contributed by atoms with Crippen LogP contribution in [0.2, 0.25) is 0 Å². The number of thioether (sulfide) groups is 2. The molecule has 0 heterocycles. The summed E-state index contributed by atoms with van der Waals surface area (Å²) in [7, 11) is 1.36. The minimum atomic E-state index is -0.392. The molecule has 0 aliphatic rings. The van der Waals surface area contributed by atoms with E-state index in [9.17, 15) is 4.79 Å². The van der Waals surface area contributed by atoms with Gasteiger partial charge in [0.1, 0.15) is 4.38 Å². The number of esters is 1. The second-order valence-corrected chi connectivity index (χ2v) is 8.01. The van der Waals surface area contributed by atoms with Crippen LogP contribution in [0.4, 0.5) is 5.69 Å². The van der Waals surface area contributed by atoms with Gasteiger partial charge in [0.15, 0.2) is 0 Å². The first-order valence-electron chi connectivity index (χ1n) is 8.64. The van der Waals surface area contributed by atoms with Crippen LogP contribution in [0.1, 0.15) is 5.56 Å². The van der Waals surface area contributed by atoms with Crippen molar-refractivity contribution in [3.8, 4) is 0 Å². The number of benzene rings is 3. The molecule has 3 aromatic carbocycles. The predicted octanol–water partition coefficient (Wildman–Crippen LogP) is 6.44. The molecule has 0 amide bonds. The number of methoxy groups -OCH3 is 1. The first kappa shape index (κ1) is 20.0. The van der Waals surface area contributed by atoms with Crippen LogP contribution in [0.15, 0.2) is 106 Å². The number of rotatable bonds is 5. The van der Waals surface area contributed by atoms with Crippen LogP contribution in [-0.2, 0) is 9.53 Å². The van der Waals surface area contributed by atoms with E-state index in [2.05, 4.69) is 29.0 Å². The summed E-state index contributed by atoms with van der Waals surface area (Å²) in [6.07, 6.45) is 3.13. The van der Waals surface area contributed by atoms with Crippen molar-refractivity contribution in [1.82, 2.24) is 0 Å². The maximum atomic E-state index is 11.4. The molecular weight excluding hydrogens is 386 g/mol. The van der Waals surface area contributed by atoms with Gasteiger partial charge in [-0.3, -0.25) is 0 Å². The molecule has 0 saturated heterocycles. The Kier molecular flexibility index (Phi) is 7.53. The third kappa shape index (κ3) is 6.15. The zero-order chi connectivity index (χ0) is 19.6. The Morgan fingerprint density at radius 2 is 1.36 bits per heavy atom. The number of carbonyl (C=O) groups is 1. The highest BCUT2D eigenvalue weighted by molar-refractivity contribution is 8.39. The summed E-state index contributed by atoms with van der Waals surface area (Å²) in [5, 5.41) is 0. The summed E-state index contributed by atoms with van der Waals surface area (Å²) in [6, 6.07) is 28.0. The third-order valence-corrected chi connectivity index (χ3v) is 5.69. The highest BCUT2D eigenvalue weighted by Gasteiger charge is 2.08. The van der Waals surface area contributed by atoms with Gasteiger partial charge in [-0.15, -0.1) is 0 Å². The number of aliphatic imine (C=N–C) groups is 1. The zero-order valence-electron chi connectivity index (χ0n) is 15.3. The molecule has 3 aromatic rings. The van der Waals surface area contributed by atoms with E-state index in [1.165, 1.54) is 13.2 Å². The number of nitrogens with zero attached hydrogens (tertiary/aromatic N) is 1. The summed E-state index contributed by atoms with van der Waals surface area (Å²) >= 11 is 3.23. The lowest BCUT2D eigenvalue weighted by Gasteiger charge is -2.08. The fourth-order valence-electron chi connectivity index (χ4n) is 2.30. The fraction of sp³-hybridized carbons (Fsp3) is 0.0435. The topological polar surface area (TPSA) is 38.7 Å². The van der Waals surface area contributed by atoms with E-state index in [-0.39, 0.29) is 0 Å². The summed E-state index contributed by atoms with van der Waals surface area (Å²) in [6.45, 7) is 0. The van der Waals surface area contributed by atoms with E-state index in [0.29, 0.717) is 0 Å². The maximum absolute atomic E-state index is 11.4. The van der Waals surface area contributed by atoms with Crippen LogP contribution >= 0.6 is 23.5 Å². The summed E-state index contributed by atoms with van der Waals surface area (Å²) < 4.78 is 5.58. The normalized spacial score (nSPS) is 10.6. The summed E-state index contributed by atoms with van der Waals surface area (Å²) in [5.74, 6) is -0.392. The average molecular weight is 406 g/mol. The molecule has 0 unspecified atom stereocenters. The molecule has 28 heavy (non-hydrogen) atoms. The number of carbonyl (C=O) groups excluding carboxylic acids is 1. The zero-order valence-corrected chi connectivity index (χ0v) is 17.0. The molecular formula is C23H19NO2S2. The monoisotopic (exact) mass is 405 g/mol. The molecule has 0 bridgehead atoms. The molecule has 0 aromatic heterocycles. The number of para-hydroxylation sites is 1. The van der Waals surface area contributed by atoms with Gasteiger partial charge in [-0.2, -0.15) is 0 Å². The molecule has 140 valence electrons. The van der Waals surface area contributed by atoms with Crippen LogP contribution < -0.4 is 0 Å². The highest BCUT2D eigenvalue weighted by atomic mass is 32.2. The van der Waals surface area contributed by atoms with Crippen molar-refractivity contribution in [2.45, 2.75) is 9.79 Å². The van der Waals surface area contributed by atoms with E-state index in [1.807, 2.05) is 60.7 Å². The van der Waals surface area contributed by atoms with Crippen LogP contribution in [-0.4, -0.2) is 17.5 Å². The molecule has 3 nitrogen and oxygen atoms in total. The average Bonchev–Trinajstić information content (AvgIpc) is 2.74. The van der Waals surface area contributed by atoms with E-state index in [1.54, 1.807) is 29.6 Å². The Labute approximate surface area is 173 Å². The van der Waals surface area contributed by atoms with Crippen LogP contribution in [0.3, 0.4) is 0 Å². The van der Waals surface area contributed by atoms with E-state index < -0.39 is 5.97 Å². The first-order valence-corrected chi connectivity index (χ1v) is 10.3. The Morgan fingerprint density at radius 1 is 0.821 bits per heavy atom. The van der Waals surface area contributed by atoms with Gasteiger partial charge in [-0.25, -0.2) is 9.79 Å². The van der Waals surface area contributed by atoms with Crippen molar-refractivity contribution in [2.24, 2.45) is 4.99 Å². The lowest BCUT2D eigenvalue weighted by molar-refractivity contribution is -0.134. The molecule has 5 heteroatoms. The lowest BCUT2D eigenvalue weighted by Crippen LogP contribution is -1.93. The van der Waals surface area contributed by atoms with Crippen molar-refractivity contribution >= 4 is 45.6 Å². The molecule has 0 atom stereocenters. The second-order valence-electron chi connectivity index (χ2n) is 5.62. The minimum Gasteiger partial charge on any atom is -0.466 e. The number of ether oxygens (including phenoxy) is 1. The van der Waals surface area contributed by atoms with Gasteiger partial charge in [0.05, 0.1) is 12.8 Å². The van der Waals surface area contributed by atoms with Crippen molar-refractivity contribution in [2.75, 3.05) is 7.11 Å². The quantitative estimate of drug-likeness (QED) is 0.161. The van der Waals surface area contributed by atoms with Gasteiger partial charge in [0.2, 0.25) is 0 Å². The molecule has 0 radical (unpaired) electrons. The molecule has 0 N–H and O–H groups in total. The highest BCUT2D eigenvalue weighted by Crippen LogP contribution is 2.34. The minimum absolute atomic E-state index is 0.392. The maximum Gasteiger partial charge on any atom is 0.330 e. The van der Waals surface area contributed by atoms with E-state index >= 15 is 0 Å². The van der Waals surface area contributed by atoms with Gasteiger partial charge in [0.25, 0.3) is 0 Å². The Balaban J connectivity index is 1.94. The second kappa shape index (κ2) is 10.5. The lowest BCUT2D eigenvalue weighted by atomic mass is 10.1. The van der Waals surface area contributed by atoms with Gasteiger partial charge >= 0.3 is 5.97 Å². The van der Waals surface area contributed by atoms with E-state index in [4.69, 9.17) is 4.99 Å². The fourth-order valence-corrected chi connectivity index (χ4v) is 4.32. The van der Waals surface area contributed by atoms with Gasteiger partial charge in [-0.05, 0) is 36.4 Å². The van der Waals surface area contributed by atoms with Gasteiger partial charge in [-0.1, -0.05) is 78.1 Å². The molecule has 3 rings (SSSR count). The number of hydrogen-bond donors (Lipinski definition) is 0. The molecule has 0 aliphatic heterocycles. The first-order chi connectivity index (χ1) is 13.7. The van der Waals surface area contributed by atoms with Crippen molar-refractivity contribution in [3.63, 3.8) is 0 Å². The molecule has 0 spiro atoms. The predicted molar refractivity (Wildman–Crippen MR) is 119 cm³/mol. The van der Waals surface area contributed by atoms with Crippen LogP contribution in [0.25, 0.3) is 6.08 Å². The Hall–Kier alpha value is -2.76. The standard InChI is InChI=1S/C23H19NO2S2/c1-26-22(25)17-16-18-10-8-9-15-21(18)24-23(27-19-11-4-2-5-12-19)28-20-13-6-3-7-14-20/h2-17H,1H3/b17-16+. The van der Waals surface area contributed by atoms with Crippen molar-refractivity contribution < 1.29 is 9.53 Å². The van der Waals surface area contributed by atoms with E-state index in [0.717, 1.165) is 25.4 Å². The molecule has 0 saturated carbocycles. The molecule has 0 fully saturated rings. The van der Waals surface area contributed by atoms with Gasteiger partial charge < -0.3 is 4.74 Å². The third-order valence-electron chi connectivity index (χ3n) is 3.65. The summed E-state index contributed by atoms with van der Waals surface area (Å²) in [4.78, 5) is 18.6. The van der Waals surface area contributed by atoms with Crippen molar-refractivity contribution in [3.05, 3.63) is 96.6 Å². The van der Waals surface area contributed by atoms with Crippen LogP contribution in [0, 0.1) is 0 Å². The van der Waals surface area contributed by atoms with Crippen molar-refractivity contribution in [1.29, 1.82) is 0 Å².